The Morgan fingerprint density at radius 3 is 2.75 bits per heavy atom. The number of carboxylic acids is 1. The molecule has 1 N–H and O–H groups in total. The predicted octanol–water partition coefficient (Wildman–Crippen LogP) is 1.10. The molecule has 64 valence electrons. The van der Waals surface area contributed by atoms with E-state index in [9.17, 15) is 4.79 Å². The number of carbonyl (C=O) groups is 1. The Balaban J connectivity index is 3.15. The largest absolute Gasteiger partial charge is 0.481 e. The zero-order valence-corrected chi connectivity index (χ0v) is 6.87. The second-order valence-electron chi connectivity index (χ2n) is 2.38. The van der Waals surface area contributed by atoms with Crippen molar-refractivity contribution in [2.24, 2.45) is 0 Å². The van der Waals surface area contributed by atoms with Crippen LogP contribution in [0.4, 0.5) is 0 Å². The highest BCUT2D eigenvalue weighted by atomic mass is 16.5. The Morgan fingerprint density at radius 1 is 1.58 bits per heavy atom. The van der Waals surface area contributed by atoms with Gasteiger partial charge in [0.05, 0.1) is 7.11 Å². The van der Waals surface area contributed by atoms with Gasteiger partial charge in [0.1, 0.15) is 0 Å². The molecule has 1 heterocycles. The lowest BCUT2D eigenvalue weighted by Crippen LogP contribution is -2.02. The van der Waals surface area contributed by atoms with Gasteiger partial charge in [-0.05, 0) is 18.6 Å². The zero-order valence-electron chi connectivity index (χ0n) is 6.87. The van der Waals surface area contributed by atoms with Crippen LogP contribution in [0.1, 0.15) is 16.1 Å². The van der Waals surface area contributed by atoms with Crippen LogP contribution in [0.25, 0.3) is 0 Å². The quantitative estimate of drug-likeness (QED) is 0.716. The van der Waals surface area contributed by atoms with Gasteiger partial charge in [-0.15, -0.1) is 0 Å². The Kier molecular flexibility index (Phi) is 2.28. The summed E-state index contributed by atoms with van der Waals surface area (Å²) in [6.45, 7) is 1.79. The highest BCUT2D eigenvalue weighted by Crippen LogP contribution is 2.10. The fourth-order valence-corrected chi connectivity index (χ4v) is 0.849. The van der Waals surface area contributed by atoms with Crippen molar-refractivity contribution in [3.8, 4) is 5.88 Å². The van der Waals surface area contributed by atoms with Crippen molar-refractivity contribution >= 4 is 5.97 Å². The standard InChI is InChI=1S/C8H9NO3/c1-5-3-6(8(10)11)9-7(4-5)12-2/h3-4H,1-2H3,(H,10,11). The van der Waals surface area contributed by atoms with Gasteiger partial charge >= 0.3 is 5.97 Å². The van der Waals surface area contributed by atoms with Crippen LogP contribution in [0.3, 0.4) is 0 Å². The highest BCUT2D eigenvalue weighted by molar-refractivity contribution is 5.85. The molecule has 0 fully saturated rings. The second kappa shape index (κ2) is 3.21. The number of ether oxygens (including phenoxy) is 1. The molecule has 0 saturated heterocycles. The van der Waals surface area contributed by atoms with Crippen LogP contribution in [-0.2, 0) is 0 Å². The summed E-state index contributed by atoms with van der Waals surface area (Å²) in [4.78, 5) is 14.2. The fraction of sp³-hybridized carbons (Fsp3) is 0.250. The molecule has 0 aromatic carbocycles. The first-order valence-electron chi connectivity index (χ1n) is 3.39. The molecular weight excluding hydrogens is 158 g/mol. The van der Waals surface area contributed by atoms with Gasteiger partial charge in [-0.2, -0.15) is 0 Å². The summed E-state index contributed by atoms with van der Waals surface area (Å²) in [6.07, 6.45) is 0. The van der Waals surface area contributed by atoms with E-state index >= 15 is 0 Å². The van der Waals surface area contributed by atoms with Crippen LogP contribution < -0.4 is 4.74 Å². The normalized spacial score (nSPS) is 9.50. The maximum Gasteiger partial charge on any atom is 0.354 e. The first kappa shape index (κ1) is 8.52. The number of hydrogen-bond acceptors (Lipinski definition) is 3. The van der Waals surface area contributed by atoms with Crippen LogP contribution in [-0.4, -0.2) is 23.2 Å². The summed E-state index contributed by atoms with van der Waals surface area (Å²) in [5, 5.41) is 8.61. The number of pyridine rings is 1. The number of nitrogens with zero attached hydrogens (tertiary/aromatic N) is 1. The third-order valence-electron chi connectivity index (χ3n) is 1.37. The van der Waals surface area contributed by atoms with Gasteiger partial charge in [-0.3, -0.25) is 0 Å². The van der Waals surface area contributed by atoms with Crippen molar-refractivity contribution in [2.45, 2.75) is 6.92 Å². The van der Waals surface area contributed by atoms with Gasteiger partial charge in [0, 0.05) is 6.07 Å². The van der Waals surface area contributed by atoms with E-state index < -0.39 is 5.97 Å². The molecular formula is C8H9NO3. The molecule has 4 nitrogen and oxygen atoms in total. The van der Waals surface area contributed by atoms with E-state index in [2.05, 4.69) is 4.98 Å². The van der Waals surface area contributed by atoms with Crippen molar-refractivity contribution in [1.29, 1.82) is 0 Å². The van der Waals surface area contributed by atoms with Crippen LogP contribution in [0.5, 0.6) is 5.88 Å². The molecule has 0 aliphatic rings. The number of carboxylic acid groups (broad SMARTS) is 1. The second-order valence-corrected chi connectivity index (χ2v) is 2.38. The summed E-state index contributed by atoms with van der Waals surface area (Å²) >= 11 is 0. The predicted molar refractivity (Wildman–Crippen MR) is 42.5 cm³/mol. The highest BCUT2D eigenvalue weighted by Gasteiger charge is 2.06. The summed E-state index contributed by atoms with van der Waals surface area (Å²) < 4.78 is 4.81. The Bertz CT molecular complexity index is 309. The zero-order chi connectivity index (χ0) is 9.14. The number of methoxy groups -OCH3 is 1. The lowest BCUT2D eigenvalue weighted by molar-refractivity contribution is 0.0689. The van der Waals surface area contributed by atoms with E-state index in [1.54, 1.807) is 13.0 Å². The summed E-state index contributed by atoms with van der Waals surface area (Å²) in [7, 11) is 1.45. The monoisotopic (exact) mass is 167 g/mol. The summed E-state index contributed by atoms with van der Waals surface area (Å²) in [5.41, 5.74) is 0.825. The molecule has 0 unspecified atom stereocenters. The molecule has 1 aromatic heterocycles. The van der Waals surface area contributed by atoms with Crippen LogP contribution >= 0.6 is 0 Å². The van der Waals surface area contributed by atoms with Crippen molar-refractivity contribution in [1.82, 2.24) is 4.98 Å². The minimum absolute atomic E-state index is 0.00634. The van der Waals surface area contributed by atoms with Gasteiger partial charge in [-0.25, -0.2) is 9.78 Å². The van der Waals surface area contributed by atoms with Gasteiger partial charge in [0.25, 0.3) is 0 Å². The topological polar surface area (TPSA) is 59.4 Å². The summed E-state index contributed by atoms with van der Waals surface area (Å²) in [6, 6.07) is 3.16. The number of rotatable bonds is 2. The number of aromatic nitrogens is 1. The molecule has 0 spiro atoms. The number of aromatic carboxylic acids is 1. The third-order valence-corrected chi connectivity index (χ3v) is 1.37. The molecule has 12 heavy (non-hydrogen) atoms. The molecule has 0 aliphatic carbocycles. The molecule has 0 aliphatic heterocycles. The van der Waals surface area contributed by atoms with E-state index in [4.69, 9.17) is 9.84 Å². The molecule has 0 atom stereocenters. The van der Waals surface area contributed by atoms with Gasteiger partial charge in [0.2, 0.25) is 5.88 Å². The maximum absolute atomic E-state index is 10.5. The Hall–Kier alpha value is -1.58. The Morgan fingerprint density at radius 2 is 2.25 bits per heavy atom. The number of hydrogen-bond donors (Lipinski definition) is 1. The average Bonchev–Trinajstić information content (AvgIpc) is 2.03. The van der Waals surface area contributed by atoms with E-state index in [0.717, 1.165) is 5.56 Å². The Labute approximate surface area is 69.8 Å². The molecule has 1 aromatic rings. The summed E-state index contributed by atoms with van der Waals surface area (Å²) in [5.74, 6) is -0.718. The molecule has 4 heteroatoms. The van der Waals surface area contributed by atoms with E-state index in [-0.39, 0.29) is 5.69 Å². The SMILES string of the molecule is COc1cc(C)cc(C(=O)O)n1. The van der Waals surface area contributed by atoms with E-state index in [0.29, 0.717) is 5.88 Å². The van der Waals surface area contributed by atoms with Crippen molar-refractivity contribution in [2.75, 3.05) is 7.11 Å². The smallest absolute Gasteiger partial charge is 0.354 e. The van der Waals surface area contributed by atoms with Crippen LogP contribution in [0.15, 0.2) is 12.1 Å². The van der Waals surface area contributed by atoms with Crippen molar-refractivity contribution in [3.63, 3.8) is 0 Å². The first-order chi connectivity index (χ1) is 5.63. The molecule has 0 saturated carbocycles. The maximum atomic E-state index is 10.5. The van der Waals surface area contributed by atoms with E-state index in [1.807, 2.05) is 0 Å². The minimum Gasteiger partial charge on any atom is -0.481 e. The average molecular weight is 167 g/mol. The van der Waals surface area contributed by atoms with Crippen LogP contribution in [0, 0.1) is 6.92 Å². The van der Waals surface area contributed by atoms with Gasteiger partial charge < -0.3 is 9.84 Å². The van der Waals surface area contributed by atoms with Crippen LogP contribution in [0.2, 0.25) is 0 Å². The number of aryl methyl sites for hydroxylation is 1. The lowest BCUT2D eigenvalue weighted by atomic mass is 10.2. The molecule has 0 radical (unpaired) electrons. The molecule has 0 amide bonds. The molecule has 0 bridgehead atoms. The fourth-order valence-electron chi connectivity index (χ4n) is 0.849. The van der Waals surface area contributed by atoms with Crippen molar-refractivity contribution < 1.29 is 14.6 Å². The third kappa shape index (κ3) is 1.72. The first-order valence-corrected chi connectivity index (χ1v) is 3.39. The van der Waals surface area contributed by atoms with Gasteiger partial charge in [-0.1, -0.05) is 0 Å². The van der Waals surface area contributed by atoms with E-state index in [1.165, 1.54) is 13.2 Å². The minimum atomic E-state index is -1.04. The lowest BCUT2D eigenvalue weighted by Gasteiger charge is -2.01. The van der Waals surface area contributed by atoms with Gasteiger partial charge in [0.15, 0.2) is 5.69 Å². The molecule has 1 rings (SSSR count). The van der Waals surface area contributed by atoms with Crippen molar-refractivity contribution in [3.05, 3.63) is 23.4 Å².